The average molecular weight is 682 g/mol. The third-order valence-electron chi connectivity index (χ3n) is 7.72. The van der Waals surface area contributed by atoms with Gasteiger partial charge in [0.1, 0.15) is 11.9 Å². The number of amides is 1. The molecular formula is C36H42F3N5O5. The van der Waals surface area contributed by atoms with Crippen molar-refractivity contribution in [2.45, 2.75) is 64.9 Å². The average Bonchev–Trinajstić information content (AvgIpc) is 3.07. The molecule has 1 fully saturated rings. The quantitative estimate of drug-likeness (QED) is 0.131. The molecule has 1 aromatic heterocycles. The van der Waals surface area contributed by atoms with E-state index in [1.54, 1.807) is 6.20 Å². The number of anilines is 3. The number of nitrogen functional groups attached to an aromatic ring is 1. The number of aromatic nitrogens is 1. The number of alkyl halides is 3. The molecule has 5 rings (SSSR count). The van der Waals surface area contributed by atoms with Crippen molar-refractivity contribution in [1.29, 1.82) is 0 Å². The number of halogens is 3. The van der Waals surface area contributed by atoms with Gasteiger partial charge in [-0.15, -0.1) is 0 Å². The molecule has 0 saturated carbocycles. The first kappa shape index (κ1) is 36.6. The number of carboxylic acid groups (broad SMARTS) is 1. The Kier molecular flexibility index (Phi) is 12.5. The number of nitrogens with one attached hydrogen (secondary N) is 2. The molecule has 49 heavy (non-hydrogen) atoms. The SMILES string of the molecule is CCOc1cc(C(Nc2ccc3c(N)nccc3c2)C(=O)NCc2ccccc2N2CCCCC2)ccc1OC(C)C.O=C(O)C(F)(F)F. The largest absolute Gasteiger partial charge is 0.490 e. The molecule has 4 aromatic rings. The third kappa shape index (κ3) is 10.1. The molecule has 0 bridgehead atoms. The van der Waals surface area contributed by atoms with Gasteiger partial charge in [-0.3, -0.25) is 4.79 Å². The molecule has 1 amide bonds. The summed E-state index contributed by atoms with van der Waals surface area (Å²) in [6.45, 7) is 8.89. The smallest absolute Gasteiger partial charge is 0.490 e. The van der Waals surface area contributed by atoms with Crippen molar-refractivity contribution in [2.75, 3.05) is 35.6 Å². The zero-order valence-corrected chi connectivity index (χ0v) is 27.7. The number of carboxylic acids is 1. The summed E-state index contributed by atoms with van der Waals surface area (Å²) in [5, 5.41) is 15.6. The zero-order chi connectivity index (χ0) is 35.6. The van der Waals surface area contributed by atoms with Crippen LogP contribution in [0.2, 0.25) is 0 Å². The predicted octanol–water partition coefficient (Wildman–Crippen LogP) is 7.10. The van der Waals surface area contributed by atoms with Gasteiger partial charge in [0.25, 0.3) is 0 Å². The fourth-order valence-corrected chi connectivity index (χ4v) is 5.47. The predicted molar refractivity (Wildman–Crippen MR) is 184 cm³/mol. The molecule has 3 aromatic carbocycles. The Hall–Kier alpha value is -5.20. The number of carbonyl (C=O) groups is 2. The number of nitrogens with two attached hydrogens (primary N) is 1. The maximum atomic E-state index is 14.0. The minimum Gasteiger partial charge on any atom is -0.490 e. The van der Waals surface area contributed by atoms with Crippen molar-refractivity contribution in [1.82, 2.24) is 10.3 Å². The lowest BCUT2D eigenvalue weighted by atomic mass is 10.0. The number of piperidine rings is 1. The molecule has 0 aliphatic carbocycles. The Labute approximate surface area is 283 Å². The molecule has 1 unspecified atom stereocenters. The van der Waals surface area contributed by atoms with Gasteiger partial charge < -0.3 is 35.8 Å². The van der Waals surface area contributed by atoms with E-state index in [1.165, 1.54) is 24.9 Å². The van der Waals surface area contributed by atoms with E-state index in [-0.39, 0.29) is 12.0 Å². The van der Waals surface area contributed by atoms with Crippen molar-refractivity contribution >= 4 is 39.8 Å². The summed E-state index contributed by atoms with van der Waals surface area (Å²) in [6, 6.07) is 21.1. The molecule has 2 heterocycles. The van der Waals surface area contributed by atoms with Gasteiger partial charge in [0.2, 0.25) is 5.91 Å². The maximum Gasteiger partial charge on any atom is 0.490 e. The van der Waals surface area contributed by atoms with Crippen molar-refractivity contribution in [3.63, 3.8) is 0 Å². The highest BCUT2D eigenvalue weighted by molar-refractivity contribution is 5.94. The van der Waals surface area contributed by atoms with Crippen molar-refractivity contribution in [2.24, 2.45) is 0 Å². The molecule has 10 nitrogen and oxygen atoms in total. The van der Waals surface area contributed by atoms with E-state index in [0.717, 1.165) is 40.7 Å². The minimum absolute atomic E-state index is 0.00762. The van der Waals surface area contributed by atoms with Crippen LogP contribution in [0.1, 0.15) is 57.2 Å². The van der Waals surface area contributed by atoms with Gasteiger partial charge in [-0.1, -0.05) is 24.3 Å². The van der Waals surface area contributed by atoms with Crippen LogP contribution in [0, 0.1) is 0 Å². The molecule has 5 N–H and O–H groups in total. The number of carbonyl (C=O) groups excluding carboxylic acids is 1. The first-order chi connectivity index (χ1) is 23.4. The zero-order valence-electron chi connectivity index (χ0n) is 27.7. The molecule has 1 aliphatic heterocycles. The number of fused-ring (bicyclic) bond motifs is 1. The van der Waals surface area contributed by atoms with Crippen LogP contribution in [0.25, 0.3) is 10.8 Å². The number of benzene rings is 3. The summed E-state index contributed by atoms with van der Waals surface area (Å²) in [7, 11) is 0. The van der Waals surface area contributed by atoms with Gasteiger partial charge in [0.05, 0.1) is 12.7 Å². The summed E-state index contributed by atoms with van der Waals surface area (Å²) in [5.74, 6) is -1.16. The standard InChI is InChI=1S/C34H41N5O3.C2HF3O2/c1-4-41-31-21-25(12-15-30(31)42-23(2)3)32(38-27-13-14-28-24(20-27)16-17-36-33(28)35)34(40)37-22-26-10-6-7-11-29(26)39-18-8-5-9-19-39;3-2(4,5)1(6)7/h6-7,10-17,20-21,23,32,38H,4-5,8-9,18-19,22H2,1-3H3,(H2,35,36)(H,37,40);(H,6,7). The minimum atomic E-state index is -5.08. The van der Waals surface area contributed by atoms with Gasteiger partial charge in [-0.25, -0.2) is 9.78 Å². The van der Waals surface area contributed by atoms with Crippen molar-refractivity contribution in [3.05, 3.63) is 84.1 Å². The number of pyridine rings is 1. The highest BCUT2D eigenvalue weighted by Crippen LogP contribution is 2.34. The summed E-state index contributed by atoms with van der Waals surface area (Å²) >= 11 is 0. The number of hydrogen-bond acceptors (Lipinski definition) is 8. The van der Waals surface area contributed by atoms with Crippen LogP contribution in [0.5, 0.6) is 11.5 Å². The Morgan fingerprint density at radius 3 is 2.39 bits per heavy atom. The van der Waals surface area contributed by atoms with Crippen LogP contribution >= 0.6 is 0 Å². The molecule has 0 radical (unpaired) electrons. The molecule has 0 spiro atoms. The van der Waals surface area contributed by atoms with E-state index < -0.39 is 18.2 Å². The van der Waals surface area contributed by atoms with Gasteiger partial charge in [-0.05, 0) is 99.0 Å². The summed E-state index contributed by atoms with van der Waals surface area (Å²) in [5.41, 5.74) is 9.94. The molecule has 1 aliphatic rings. The first-order valence-corrected chi connectivity index (χ1v) is 16.1. The normalized spacial score (nSPS) is 13.7. The second kappa shape index (κ2) is 16.8. The highest BCUT2D eigenvalue weighted by Gasteiger charge is 2.38. The van der Waals surface area contributed by atoms with Crippen LogP contribution in [-0.4, -0.2) is 53.9 Å². The van der Waals surface area contributed by atoms with Crippen LogP contribution in [0.15, 0.2) is 72.9 Å². The van der Waals surface area contributed by atoms with E-state index in [4.69, 9.17) is 25.1 Å². The molecule has 262 valence electrons. The number of nitrogens with zero attached hydrogens (tertiary/aromatic N) is 2. The fraction of sp³-hybridized carbons (Fsp3) is 0.361. The monoisotopic (exact) mass is 681 g/mol. The van der Waals surface area contributed by atoms with E-state index in [9.17, 15) is 18.0 Å². The lowest BCUT2D eigenvalue weighted by Gasteiger charge is -2.31. The second-order valence-electron chi connectivity index (χ2n) is 11.7. The Balaban J connectivity index is 0.000000698. The summed E-state index contributed by atoms with van der Waals surface area (Å²) < 4.78 is 43.6. The number of rotatable bonds is 11. The van der Waals surface area contributed by atoms with E-state index in [2.05, 4.69) is 38.7 Å². The van der Waals surface area contributed by atoms with Crippen LogP contribution < -0.4 is 30.7 Å². The van der Waals surface area contributed by atoms with Crippen LogP contribution in [0.4, 0.5) is 30.4 Å². The van der Waals surface area contributed by atoms with E-state index in [0.29, 0.717) is 30.5 Å². The topological polar surface area (TPSA) is 139 Å². The maximum absolute atomic E-state index is 14.0. The molecular weight excluding hydrogens is 639 g/mol. The molecule has 1 atom stereocenters. The Bertz CT molecular complexity index is 1730. The number of ether oxygens (including phenoxy) is 2. The number of aliphatic carboxylic acids is 1. The molecule has 13 heteroatoms. The highest BCUT2D eigenvalue weighted by atomic mass is 19.4. The van der Waals surface area contributed by atoms with Gasteiger partial charge >= 0.3 is 12.1 Å². The van der Waals surface area contributed by atoms with E-state index >= 15 is 0 Å². The number of hydrogen-bond donors (Lipinski definition) is 4. The Morgan fingerprint density at radius 2 is 1.71 bits per heavy atom. The van der Waals surface area contributed by atoms with Crippen molar-refractivity contribution in [3.8, 4) is 11.5 Å². The van der Waals surface area contributed by atoms with Gasteiger partial charge in [0, 0.05) is 42.6 Å². The van der Waals surface area contributed by atoms with Crippen LogP contribution in [-0.2, 0) is 16.1 Å². The summed E-state index contributed by atoms with van der Waals surface area (Å²) in [6.07, 6.45) is 0.253. The number of para-hydroxylation sites is 1. The van der Waals surface area contributed by atoms with Gasteiger partial charge in [-0.2, -0.15) is 13.2 Å². The lowest BCUT2D eigenvalue weighted by Crippen LogP contribution is -2.34. The van der Waals surface area contributed by atoms with Crippen molar-refractivity contribution < 1.29 is 37.3 Å². The molecule has 1 saturated heterocycles. The second-order valence-corrected chi connectivity index (χ2v) is 11.7. The summed E-state index contributed by atoms with van der Waals surface area (Å²) in [4.78, 5) is 29.5. The van der Waals surface area contributed by atoms with Gasteiger partial charge in [0.15, 0.2) is 11.5 Å². The van der Waals surface area contributed by atoms with Crippen LogP contribution in [0.3, 0.4) is 0 Å². The fourth-order valence-electron chi connectivity index (χ4n) is 5.47. The third-order valence-corrected chi connectivity index (χ3v) is 7.72. The first-order valence-electron chi connectivity index (χ1n) is 16.1. The lowest BCUT2D eigenvalue weighted by molar-refractivity contribution is -0.192. The van der Waals surface area contributed by atoms with E-state index in [1.807, 2.05) is 69.3 Å². The Morgan fingerprint density at radius 1 is 1.00 bits per heavy atom.